The first-order chi connectivity index (χ1) is 13.4. The first-order valence-corrected chi connectivity index (χ1v) is 10.2. The molecular weight excluding hydrogens is 481 g/mol. The zero-order chi connectivity index (χ0) is 20.4. The maximum absolute atomic E-state index is 6.08. The van der Waals surface area contributed by atoms with Gasteiger partial charge in [-0.3, -0.25) is 4.99 Å². The molecule has 0 saturated carbocycles. The number of anilines is 1. The molecule has 0 amide bonds. The minimum absolute atomic E-state index is 0. The average molecular weight is 519 g/mol. The molecule has 1 aromatic rings. The topological polar surface area (TPSA) is 64.1 Å². The van der Waals surface area contributed by atoms with Crippen molar-refractivity contribution in [2.45, 2.75) is 46.1 Å². The summed E-state index contributed by atoms with van der Waals surface area (Å²) in [5, 5.41) is 6.83. The number of methoxy groups -OCH3 is 1. The van der Waals surface area contributed by atoms with Gasteiger partial charge in [-0.25, -0.2) is 0 Å². The van der Waals surface area contributed by atoms with Crippen LogP contribution >= 0.6 is 24.0 Å². The summed E-state index contributed by atoms with van der Waals surface area (Å²) in [5.41, 5.74) is 1.09. The van der Waals surface area contributed by atoms with Crippen LogP contribution in [0.3, 0.4) is 0 Å². The summed E-state index contributed by atoms with van der Waals surface area (Å²) in [6.45, 7) is 9.80. The van der Waals surface area contributed by atoms with Crippen LogP contribution in [-0.2, 0) is 9.47 Å². The van der Waals surface area contributed by atoms with Crippen LogP contribution in [0, 0.1) is 11.3 Å². The smallest absolute Gasteiger partial charge is 0.195 e. The van der Waals surface area contributed by atoms with E-state index < -0.39 is 0 Å². The van der Waals surface area contributed by atoms with Crippen LogP contribution in [0.4, 0.5) is 5.69 Å². The number of guanidine groups is 1. The first kappa shape index (κ1) is 26.0. The Labute approximate surface area is 193 Å². The van der Waals surface area contributed by atoms with E-state index in [1.54, 1.807) is 14.2 Å². The molecular formula is C22H38IN3O3. The molecule has 2 rings (SSSR count). The number of nitrogens with zero attached hydrogens (tertiary/aromatic N) is 1. The van der Waals surface area contributed by atoms with Crippen molar-refractivity contribution in [3.05, 3.63) is 24.3 Å². The molecule has 1 aromatic carbocycles. The molecule has 1 saturated heterocycles. The van der Waals surface area contributed by atoms with E-state index in [1.807, 2.05) is 24.3 Å². The van der Waals surface area contributed by atoms with E-state index in [2.05, 4.69) is 36.4 Å². The molecule has 1 aliphatic heterocycles. The van der Waals surface area contributed by atoms with Gasteiger partial charge in [0.2, 0.25) is 0 Å². The maximum atomic E-state index is 6.08. The van der Waals surface area contributed by atoms with Crippen LogP contribution < -0.4 is 15.4 Å². The molecule has 2 N–H and O–H groups in total. The van der Waals surface area contributed by atoms with Crippen LogP contribution in [0.5, 0.6) is 5.75 Å². The van der Waals surface area contributed by atoms with Gasteiger partial charge in [0.25, 0.3) is 0 Å². The molecule has 1 fully saturated rings. The summed E-state index contributed by atoms with van der Waals surface area (Å²) in [6, 6.07) is 7.94. The largest absolute Gasteiger partial charge is 0.493 e. The first-order valence-electron chi connectivity index (χ1n) is 10.2. The third kappa shape index (κ3) is 9.09. The minimum Gasteiger partial charge on any atom is -0.493 e. The lowest BCUT2D eigenvalue weighted by atomic mass is 9.78. The lowest BCUT2D eigenvalue weighted by Crippen LogP contribution is -2.46. The van der Waals surface area contributed by atoms with Crippen molar-refractivity contribution < 1.29 is 14.2 Å². The zero-order valence-corrected chi connectivity index (χ0v) is 20.8. The Morgan fingerprint density at radius 1 is 1.28 bits per heavy atom. The van der Waals surface area contributed by atoms with Gasteiger partial charge in [-0.1, -0.05) is 26.8 Å². The highest BCUT2D eigenvalue weighted by Gasteiger charge is 2.35. The number of aliphatic imine (C=N–C) groups is 1. The van der Waals surface area contributed by atoms with E-state index in [4.69, 9.17) is 14.2 Å². The molecule has 29 heavy (non-hydrogen) atoms. The Hall–Kier alpha value is -1.06. The van der Waals surface area contributed by atoms with E-state index in [-0.39, 0.29) is 35.5 Å². The van der Waals surface area contributed by atoms with Crippen LogP contribution in [0.25, 0.3) is 0 Å². The minimum atomic E-state index is 0. The second-order valence-corrected chi connectivity index (χ2v) is 8.36. The number of hydrogen-bond acceptors (Lipinski definition) is 4. The molecule has 2 atom stereocenters. The van der Waals surface area contributed by atoms with Gasteiger partial charge in [-0.15, -0.1) is 24.0 Å². The molecule has 6 nitrogen and oxygen atoms in total. The van der Waals surface area contributed by atoms with Crippen molar-refractivity contribution in [1.29, 1.82) is 0 Å². The summed E-state index contributed by atoms with van der Waals surface area (Å²) in [4.78, 5) is 4.37. The maximum Gasteiger partial charge on any atom is 0.195 e. The van der Waals surface area contributed by atoms with Gasteiger partial charge < -0.3 is 24.8 Å². The third-order valence-electron chi connectivity index (χ3n) is 4.91. The van der Waals surface area contributed by atoms with Crippen molar-refractivity contribution in [1.82, 2.24) is 5.32 Å². The number of nitrogens with one attached hydrogen (secondary N) is 2. The molecule has 1 aliphatic rings. The highest BCUT2D eigenvalue weighted by molar-refractivity contribution is 14.0. The Bertz CT molecular complexity index is 620. The van der Waals surface area contributed by atoms with Gasteiger partial charge in [0, 0.05) is 58.0 Å². The summed E-state index contributed by atoms with van der Waals surface area (Å²) in [5.74, 6) is 2.07. The second-order valence-electron chi connectivity index (χ2n) is 8.36. The quantitative estimate of drug-likeness (QED) is 0.229. The Morgan fingerprint density at radius 2 is 2.07 bits per heavy atom. The Morgan fingerprint density at radius 3 is 2.76 bits per heavy atom. The van der Waals surface area contributed by atoms with Gasteiger partial charge in [0.05, 0.1) is 12.7 Å². The Balaban J connectivity index is 0.00000420. The van der Waals surface area contributed by atoms with Crippen LogP contribution in [0.15, 0.2) is 29.3 Å². The van der Waals surface area contributed by atoms with E-state index in [0.717, 1.165) is 43.4 Å². The lowest BCUT2D eigenvalue weighted by Gasteiger charge is -2.40. The predicted molar refractivity (Wildman–Crippen MR) is 131 cm³/mol. The summed E-state index contributed by atoms with van der Waals surface area (Å²) in [6.07, 6.45) is 3.43. The summed E-state index contributed by atoms with van der Waals surface area (Å²) in [7, 11) is 3.49. The number of ether oxygens (including phenoxy) is 3. The fourth-order valence-corrected chi connectivity index (χ4v) is 3.61. The third-order valence-corrected chi connectivity index (χ3v) is 4.91. The van der Waals surface area contributed by atoms with Gasteiger partial charge in [0.15, 0.2) is 5.96 Å². The number of hydrogen-bond donors (Lipinski definition) is 2. The van der Waals surface area contributed by atoms with E-state index in [0.29, 0.717) is 19.1 Å². The number of rotatable bonds is 8. The lowest BCUT2D eigenvalue weighted by molar-refractivity contribution is -0.0835. The second kappa shape index (κ2) is 13.3. The van der Waals surface area contributed by atoms with E-state index in [1.165, 1.54) is 6.42 Å². The molecule has 2 unspecified atom stereocenters. The molecule has 0 aliphatic carbocycles. The molecule has 0 spiro atoms. The van der Waals surface area contributed by atoms with Gasteiger partial charge in [-0.2, -0.15) is 0 Å². The molecule has 166 valence electrons. The number of halogens is 1. The monoisotopic (exact) mass is 519 g/mol. The van der Waals surface area contributed by atoms with Crippen molar-refractivity contribution >= 4 is 35.6 Å². The van der Waals surface area contributed by atoms with Crippen molar-refractivity contribution in [2.24, 2.45) is 16.3 Å². The van der Waals surface area contributed by atoms with Gasteiger partial charge in [-0.05, 0) is 30.4 Å². The predicted octanol–water partition coefficient (Wildman–Crippen LogP) is 4.55. The van der Waals surface area contributed by atoms with Crippen LogP contribution in [0.1, 0.15) is 40.0 Å². The molecule has 0 bridgehead atoms. The highest BCUT2D eigenvalue weighted by Crippen LogP contribution is 2.33. The Kier molecular flexibility index (Phi) is 11.9. The molecule has 1 heterocycles. The summed E-state index contributed by atoms with van der Waals surface area (Å²) < 4.78 is 16.9. The fraction of sp³-hybridized carbons (Fsp3) is 0.682. The van der Waals surface area contributed by atoms with Crippen molar-refractivity contribution in [2.75, 3.05) is 45.8 Å². The van der Waals surface area contributed by atoms with Gasteiger partial charge in [0.1, 0.15) is 5.75 Å². The van der Waals surface area contributed by atoms with Crippen molar-refractivity contribution in [3.63, 3.8) is 0 Å². The summed E-state index contributed by atoms with van der Waals surface area (Å²) >= 11 is 0. The standard InChI is InChI=1S/C22H37N3O3.HI/c1-22(2,3)20-17(9-7-13-28-20)16-24-21(23-4)25-18-10-6-11-19(15-18)27-14-8-12-26-5;/h6,10-11,15,17,20H,7-9,12-14,16H2,1-5H3,(H2,23,24,25);1H. The fourth-order valence-electron chi connectivity index (χ4n) is 3.61. The van der Waals surface area contributed by atoms with Gasteiger partial charge >= 0.3 is 0 Å². The van der Waals surface area contributed by atoms with Crippen LogP contribution in [-0.4, -0.2) is 52.6 Å². The average Bonchev–Trinajstić information content (AvgIpc) is 2.68. The zero-order valence-electron chi connectivity index (χ0n) is 18.5. The van der Waals surface area contributed by atoms with E-state index >= 15 is 0 Å². The normalized spacial score (nSPS) is 20.0. The number of benzene rings is 1. The molecule has 0 radical (unpaired) electrons. The van der Waals surface area contributed by atoms with Crippen LogP contribution in [0.2, 0.25) is 0 Å². The molecule has 0 aromatic heterocycles. The SMILES string of the molecule is CN=C(NCC1CCCOC1C(C)(C)C)Nc1cccc(OCCCOC)c1.I. The van der Waals surface area contributed by atoms with E-state index in [9.17, 15) is 0 Å². The highest BCUT2D eigenvalue weighted by atomic mass is 127. The molecule has 7 heteroatoms. The van der Waals surface area contributed by atoms with Crippen molar-refractivity contribution in [3.8, 4) is 5.75 Å².